The summed E-state index contributed by atoms with van der Waals surface area (Å²) in [6, 6.07) is 7.79. The number of hydrogen-bond acceptors (Lipinski definition) is 5. The van der Waals surface area contributed by atoms with Gasteiger partial charge in [-0.25, -0.2) is 14.5 Å². The summed E-state index contributed by atoms with van der Waals surface area (Å²) >= 11 is 0. The number of carbonyl (C=O) groups is 1. The summed E-state index contributed by atoms with van der Waals surface area (Å²) in [6.45, 7) is 0. The van der Waals surface area contributed by atoms with Gasteiger partial charge in [0.1, 0.15) is 5.75 Å². The maximum atomic E-state index is 12.0. The van der Waals surface area contributed by atoms with Gasteiger partial charge in [0.05, 0.1) is 17.4 Å². The summed E-state index contributed by atoms with van der Waals surface area (Å²) in [6.07, 6.45) is 1.69. The number of hydrogen-bond donors (Lipinski definition) is 0. The third-order valence-corrected chi connectivity index (χ3v) is 3.08. The molecule has 0 unspecified atom stereocenters. The largest absolute Gasteiger partial charge is 0.422 e. The fourth-order valence-corrected chi connectivity index (χ4v) is 1.95. The summed E-state index contributed by atoms with van der Waals surface area (Å²) in [5.74, 6) is -0.247. The van der Waals surface area contributed by atoms with Crippen molar-refractivity contribution in [2.45, 2.75) is 0 Å². The van der Waals surface area contributed by atoms with Gasteiger partial charge in [-0.2, -0.15) is 5.10 Å². The highest BCUT2D eigenvalue weighted by Crippen LogP contribution is 2.19. The van der Waals surface area contributed by atoms with E-state index in [9.17, 15) is 9.59 Å². The van der Waals surface area contributed by atoms with Gasteiger partial charge in [-0.3, -0.25) is 4.79 Å². The lowest BCUT2D eigenvalue weighted by Crippen LogP contribution is -2.22. The predicted octanol–water partition coefficient (Wildman–Crippen LogP) is 0.886. The van der Waals surface area contributed by atoms with Gasteiger partial charge in [0, 0.05) is 26.2 Å². The van der Waals surface area contributed by atoms with Crippen molar-refractivity contribution in [2.24, 2.45) is 14.1 Å². The van der Waals surface area contributed by atoms with E-state index in [0.29, 0.717) is 5.75 Å². The Morgan fingerprint density at radius 2 is 2.00 bits per heavy atom. The maximum Gasteiger partial charge on any atom is 0.364 e. The van der Waals surface area contributed by atoms with Crippen molar-refractivity contribution in [3.8, 4) is 5.75 Å². The van der Waals surface area contributed by atoms with Crippen LogP contribution in [0.3, 0.4) is 0 Å². The summed E-state index contributed by atoms with van der Waals surface area (Å²) in [7, 11) is 3.36. The van der Waals surface area contributed by atoms with E-state index < -0.39 is 5.97 Å². The molecule has 2 aromatic heterocycles. The van der Waals surface area contributed by atoms with E-state index in [4.69, 9.17) is 4.74 Å². The van der Waals surface area contributed by atoms with E-state index in [1.165, 1.54) is 19.2 Å². The van der Waals surface area contributed by atoms with Crippen LogP contribution < -0.4 is 10.3 Å². The van der Waals surface area contributed by atoms with Gasteiger partial charge in [-0.1, -0.05) is 0 Å². The van der Waals surface area contributed by atoms with Crippen molar-refractivity contribution < 1.29 is 9.53 Å². The lowest BCUT2D eigenvalue weighted by Gasteiger charge is -2.04. The first kappa shape index (κ1) is 13.0. The molecule has 0 fully saturated rings. The molecule has 0 spiro atoms. The molecule has 3 rings (SSSR count). The molecule has 0 radical (unpaired) electrons. The fraction of sp³-hybridized carbons (Fsp3) is 0.143. The lowest BCUT2D eigenvalue weighted by molar-refractivity contribution is 0.0726. The first-order valence-corrected chi connectivity index (χ1v) is 6.22. The number of ether oxygens (including phenoxy) is 1. The minimum atomic E-state index is -0.624. The Hall–Kier alpha value is -2.96. The number of esters is 1. The summed E-state index contributed by atoms with van der Waals surface area (Å²) in [4.78, 5) is 27.4. The molecule has 0 saturated heterocycles. The predicted molar refractivity (Wildman–Crippen MR) is 75.2 cm³/mol. The monoisotopic (exact) mass is 284 g/mol. The van der Waals surface area contributed by atoms with E-state index in [2.05, 4.69) is 10.1 Å². The zero-order valence-electron chi connectivity index (χ0n) is 11.5. The number of aryl methyl sites for hydroxylation is 2. The Morgan fingerprint density at radius 3 is 2.76 bits per heavy atom. The van der Waals surface area contributed by atoms with Gasteiger partial charge in [-0.15, -0.1) is 0 Å². The Balaban J connectivity index is 1.88. The molecule has 0 aliphatic heterocycles. The van der Waals surface area contributed by atoms with E-state index in [-0.39, 0.29) is 11.3 Å². The standard InChI is InChI=1S/C14H12N4O3/c1-17-8-15-11-7-9(3-5-12(11)17)21-14(20)10-4-6-13(19)18(2)16-10/h3-8H,1-2H3. The molecular formula is C14H12N4O3. The number of rotatable bonds is 2. The van der Waals surface area contributed by atoms with Crippen molar-refractivity contribution in [3.63, 3.8) is 0 Å². The summed E-state index contributed by atoms with van der Waals surface area (Å²) < 4.78 is 8.20. The Labute approximate surface area is 119 Å². The normalized spacial score (nSPS) is 10.8. The van der Waals surface area contributed by atoms with Crippen LogP contribution in [0.25, 0.3) is 11.0 Å². The highest BCUT2D eigenvalue weighted by atomic mass is 16.5. The number of nitrogens with zero attached hydrogens (tertiary/aromatic N) is 4. The quantitative estimate of drug-likeness (QED) is 0.515. The third-order valence-electron chi connectivity index (χ3n) is 3.08. The van der Waals surface area contributed by atoms with Gasteiger partial charge in [0.25, 0.3) is 5.56 Å². The number of aromatic nitrogens is 4. The Morgan fingerprint density at radius 1 is 1.19 bits per heavy atom. The van der Waals surface area contributed by atoms with Gasteiger partial charge < -0.3 is 9.30 Å². The molecule has 1 aromatic carbocycles. The molecule has 0 bridgehead atoms. The zero-order valence-corrected chi connectivity index (χ0v) is 11.5. The number of fused-ring (bicyclic) bond motifs is 1. The second-order valence-corrected chi connectivity index (χ2v) is 4.58. The number of carbonyl (C=O) groups excluding carboxylic acids is 1. The third kappa shape index (κ3) is 2.40. The smallest absolute Gasteiger partial charge is 0.364 e. The van der Waals surface area contributed by atoms with Crippen LogP contribution in [0.2, 0.25) is 0 Å². The molecule has 106 valence electrons. The molecule has 0 N–H and O–H groups in total. The van der Waals surface area contributed by atoms with Gasteiger partial charge in [0.2, 0.25) is 0 Å². The first-order valence-electron chi connectivity index (χ1n) is 6.22. The summed E-state index contributed by atoms with van der Waals surface area (Å²) in [5, 5.41) is 3.85. The average molecular weight is 284 g/mol. The van der Waals surface area contributed by atoms with Crippen LogP contribution >= 0.6 is 0 Å². The second kappa shape index (κ2) is 4.86. The van der Waals surface area contributed by atoms with Crippen LogP contribution in [-0.4, -0.2) is 25.3 Å². The number of imidazole rings is 1. The van der Waals surface area contributed by atoms with Crippen molar-refractivity contribution in [1.29, 1.82) is 0 Å². The van der Waals surface area contributed by atoms with Crippen molar-refractivity contribution in [3.05, 3.63) is 52.7 Å². The molecule has 0 atom stereocenters. The van der Waals surface area contributed by atoms with Crippen LogP contribution in [0.15, 0.2) is 41.5 Å². The highest BCUT2D eigenvalue weighted by molar-refractivity contribution is 5.89. The summed E-state index contributed by atoms with van der Waals surface area (Å²) in [5.41, 5.74) is 1.45. The van der Waals surface area contributed by atoms with Crippen molar-refractivity contribution >= 4 is 17.0 Å². The number of benzene rings is 1. The van der Waals surface area contributed by atoms with Crippen LogP contribution in [0.5, 0.6) is 5.75 Å². The molecule has 2 heterocycles. The van der Waals surface area contributed by atoms with Crippen molar-refractivity contribution in [1.82, 2.24) is 19.3 Å². The molecular weight excluding hydrogens is 272 g/mol. The van der Waals surface area contributed by atoms with Crippen molar-refractivity contribution in [2.75, 3.05) is 0 Å². The fourth-order valence-electron chi connectivity index (χ4n) is 1.95. The van der Waals surface area contributed by atoms with E-state index in [1.54, 1.807) is 18.5 Å². The molecule has 0 saturated carbocycles. The molecule has 21 heavy (non-hydrogen) atoms. The van der Waals surface area contributed by atoms with Crippen LogP contribution in [0.1, 0.15) is 10.5 Å². The van der Waals surface area contributed by atoms with E-state index in [0.717, 1.165) is 15.7 Å². The van der Waals surface area contributed by atoms with Gasteiger partial charge in [-0.05, 0) is 18.2 Å². The minimum Gasteiger partial charge on any atom is -0.422 e. The second-order valence-electron chi connectivity index (χ2n) is 4.58. The Kier molecular flexibility index (Phi) is 3.02. The minimum absolute atomic E-state index is 0.0678. The zero-order chi connectivity index (χ0) is 15.0. The molecule has 7 heteroatoms. The van der Waals surface area contributed by atoms with Gasteiger partial charge >= 0.3 is 5.97 Å². The van der Waals surface area contributed by atoms with Crippen LogP contribution in [0, 0.1) is 0 Å². The van der Waals surface area contributed by atoms with E-state index in [1.807, 2.05) is 17.7 Å². The van der Waals surface area contributed by atoms with Crippen LogP contribution in [-0.2, 0) is 14.1 Å². The molecule has 7 nitrogen and oxygen atoms in total. The first-order chi connectivity index (χ1) is 10.0. The average Bonchev–Trinajstić information content (AvgIpc) is 2.83. The molecule has 0 amide bonds. The molecule has 0 aliphatic rings. The molecule has 3 aromatic rings. The maximum absolute atomic E-state index is 12.0. The lowest BCUT2D eigenvalue weighted by atomic mass is 10.3. The van der Waals surface area contributed by atoms with Crippen LogP contribution in [0.4, 0.5) is 0 Å². The topological polar surface area (TPSA) is 79.0 Å². The highest BCUT2D eigenvalue weighted by Gasteiger charge is 2.12. The SMILES string of the molecule is Cn1nc(C(=O)Oc2ccc3c(c2)ncn3C)ccc1=O. The van der Waals surface area contributed by atoms with Gasteiger partial charge in [0.15, 0.2) is 5.69 Å². The molecule has 0 aliphatic carbocycles. The van der Waals surface area contributed by atoms with E-state index >= 15 is 0 Å². The Bertz CT molecular complexity index is 895.